The normalized spacial score (nSPS) is 23.0. The van der Waals surface area contributed by atoms with E-state index in [1.54, 1.807) is 0 Å². The lowest BCUT2D eigenvalue weighted by atomic mass is 9.95. The van der Waals surface area contributed by atoms with Crippen molar-refractivity contribution in [2.24, 2.45) is 5.73 Å². The monoisotopic (exact) mass is 311 g/mol. The lowest BCUT2D eigenvalue weighted by Gasteiger charge is -2.35. The van der Waals surface area contributed by atoms with Crippen molar-refractivity contribution in [3.63, 3.8) is 0 Å². The molecule has 2 unspecified atom stereocenters. The van der Waals surface area contributed by atoms with Gasteiger partial charge in [0.25, 0.3) is 0 Å². The van der Waals surface area contributed by atoms with Crippen LogP contribution in [-0.2, 0) is 0 Å². The lowest BCUT2D eigenvalue weighted by Crippen LogP contribution is -2.50. The molecular weight excluding hydrogens is 290 g/mol. The van der Waals surface area contributed by atoms with E-state index in [0.29, 0.717) is 6.04 Å². The van der Waals surface area contributed by atoms with Gasteiger partial charge in [0.1, 0.15) is 0 Å². The highest BCUT2D eigenvalue weighted by Crippen LogP contribution is 2.25. The fourth-order valence-corrected chi connectivity index (χ4v) is 2.94. The minimum absolute atomic E-state index is 0.106. The second kappa shape index (κ2) is 6.15. The molecule has 1 heterocycles. The van der Waals surface area contributed by atoms with Gasteiger partial charge in [0, 0.05) is 36.2 Å². The fraction of sp³-hybridized carbons (Fsp3) is 0.571. The van der Waals surface area contributed by atoms with Crippen LogP contribution < -0.4 is 11.1 Å². The van der Waals surface area contributed by atoms with Crippen LogP contribution in [0.4, 0.5) is 0 Å². The molecule has 0 aliphatic carbocycles. The van der Waals surface area contributed by atoms with Crippen molar-refractivity contribution in [1.29, 1.82) is 0 Å². The molecule has 2 atom stereocenters. The Kier molecular flexibility index (Phi) is 4.78. The number of halogens is 1. The quantitative estimate of drug-likeness (QED) is 0.897. The molecule has 3 nitrogen and oxygen atoms in total. The summed E-state index contributed by atoms with van der Waals surface area (Å²) in [5.74, 6) is 0. The lowest BCUT2D eigenvalue weighted by molar-refractivity contribution is 0.182. The Morgan fingerprint density at radius 2 is 2.33 bits per heavy atom. The van der Waals surface area contributed by atoms with Gasteiger partial charge in [-0.15, -0.1) is 0 Å². The summed E-state index contributed by atoms with van der Waals surface area (Å²) in [6.07, 6.45) is 1.00. The van der Waals surface area contributed by atoms with Crippen LogP contribution in [0.2, 0.25) is 0 Å². The molecule has 4 heteroatoms. The third-order valence-corrected chi connectivity index (χ3v) is 4.30. The van der Waals surface area contributed by atoms with E-state index < -0.39 is 0 Å². The first-order valence-electron chi connectivity index (χ1n) is 6.50. The molecule has 1 aromatic rings. The van der Waals surface area contributed by atoms with Crippen molar-refractivity contribution in [2.75, 3.05) is 26.7 Å². The average Bonchev–Trinajstić information content (AvgIpc) is 2.35. The zero-order valence-corrected chi connectivity index (χ0v) is 12.7. The Balaban J connectivity index is 2.06. The third kappa shape index (κ3) is 3.32. The van der Waals surface area contributed by atoms with Gasteiger partial charge < -0.3 is 16.0 Å². The van der Waals surface area contributed by atoms with Crippen LogP contribution in [-0.4, -0.2) is 37.6 Å². The minimum atomic E-state index is 0.106. The van der Waals surface area contributed by atoms with Crippen LogP contribution in [0.3, 0.4) is 0 Å². The summed E-state index contributed by atoms with van der Waals surface area (Å²) in [6, 6.07) is 6.99. The van der Waals surface area contributed by atoms with Crippen LogP contribution in [0, 0.1) is 6.92 Å². The molecule has 100 valence electrons. The predicted octanol–water partition coefficient (Wildman–Crippen LogP) is 2.05. The van der Waals surface area contributed by atoms with E-state index in [-0.39, 0.29) is 6.04 Å². The minimum Gasteiger partial charge on any atom is -0.324 e. The van der Waals surface area contributed by atoms with E-state index >= 15 is 0 Å². The SMILES string of the molecule is Cc1ccc(Br)cc1C(N)CC1CNCCN1C. The molecule has 0 saturated carbocycles. The maximum Gasteiger partial charge on any atom is 0.0313 e. The van der Waals surface area contributed by atoms with E-state index in [9.17, 15) is 0 Å². The average molecular weight is 312 g/mol. The number of nitrogens with zero attached hydrogens (tertiary/aromatic N) is 1. The third-order valence-electron chi connectivity index (χ3n) is 3.81. The molecule has 1 aliphatic heterocycles. The van der Waals surface area contributed by atoms with Gasteiger partial charge in [0.2, 0.25) is 0 Å². The van der Waals surface area contributed by atoms with Crippen molar-refractivity contribution >= 4 is 15.9 Å². The van der Waals surface area contributed by atoms with Gasteiger partial charge in [0.15, 0.2) is 0 Å². The Bertz CT molecular complexity index is 408. The van der Waals surface area contributed by atoms with Crippen LogP contribution in [0.5, 0.6) is 0 Å². The second-order valence-electron chi connectivity index (χ2n) is 5.18. The van der Waals surface area contributed by atoms with Crippen LogP contribution in [0.1, 0.15) is 23.6 Å². The van der Waals surface area contributed by atoms with Crippen LogP contribution in [0.25, 0.3) is 0 Å². The highest BCUT2D eigenvalue weighted by molar-refractivity contribution is 9.10. The van der Waals surface area contributed by atoms with Crippen molar-refractivity contribution in [2.45, 2.75) is 25.4 Å². The van der Waals surface area contributed by atoms with E-state index in [4.69, 9.17) is 5.73 Å². The molecule has 0 bridgehead atoms. The van der Waals surface area contributed by atoms with Gasteiger partial charge >= 0.3 is 0 Å². The van der Waals surface area contributed by atoms with Gasteiger partial charge in [-0.25, -0.2) is 0 Å². The zero-order chi connectivity index (χ0) is 13.1. The van der Waals surface area contributed by atoms with Crippen LogP contribution >= 0.6 is 15.9 Å². The number of nitrogens with one attached hydrogen (secondary N) is 1. The van der Waals surface area contributed by atoms with Gasteiger partial charge in [-0.3, -0.25) is 0 Å². The van der Waals surface area contributed by atoms with E-state index in [1.807, 2.05) is 0 Å². The molecule has 0 spiro atoms. The van der Waals surface area contributed by atoms with Gasteiger partial charge in [-0.2, -0.15) is 0 Å². The standard InChI is InChI=1S/C14H22BrN3/c1-10-3-4-11(15)7-13(10)14(16)8-12-9-17-5-6-18(12)2/h3-4,7,12,14,17H,5-6,8-9,16H2,1-2H3. The number of nitrogens with two attached hydrogens (primary N) is 1. The van der Waals surface area contributed by atoms with Crippen LogP contribution in [0.15, 0.2) is 22.7 Å². The molecule has 1 fully saturated rings. The number of benzene rings is 1. The molecule has 0 aromatic heterocycles. The number of likely N-dealkylation sites (N-methyl/N-ethyl adjacent to an activating group) is 1. The van der Waals surface area contributed by atoms with Crippen molar-refractivity contribution in [1.82, 2.24) is 10.2 Å². The molecule has 1 aliphatic rings. The highest BCUT2D eigenvalue weighted by atomic mass is 79.9. The summed E-state index contributed by atoms with van der Waals surface area (Å²) in [6.45, 7) is 5.36. The first-order valence-corrected chi connectivity index (χ1v) is 7.30. The zero-order valence-electron chi connectivity index (χ0n) is 11.1. The Morgan fingerprint density at radius 3 is 3.06 bits per heavy atom. The molecule has 2 rings (SSSR count). The molecule has 18 heavy (non-hydrogen) atoms. The van der Waals surface area contributed by atoms with E-state index in [2.05, 4.69) is 58.3 Å². The summed E-state index contributed by atoms with van der Waals surface area (Å²) in [4.78, 5) is 2.41. The van der Waals surface area contributed by atoms with Gasteiger partial charge in [-0.1, -0.05) is 22.0 Å². The molecule has 0 amide bonds. The Morgan fingerprint density at radius 1 is 1.56 bits per heavy atom. The number of hydrogen-bond acceptors (Lipinski definition) is 3. The molecule has 1 aromatic carbocycles. The predicted molar refractivity (Wildman–Crippen MR) is 79.7 cm³/mol. The summed E-state index contributed by atoms with van der Waals surface area (Å²) >= 11 is 3.52. The topological polar surface area (TPSA) is 41.3 Å². The van der Waals surface area contributed by atoms with Crippen molar-refractivity contribution in [3.8, 4) is 0 Å². The summed E-state index contributed by atoms with van der Waals surface area (Å²) in [5.41, 5.74) is 8.91. The molecule has 1 saturated heterocycles. The molecular formula is C14H22BrN3. The Hall–Kier alpha value is -0.420. The maximum absolute atomic E-state index is 6.38. The number of piperazine rings is 1. The summed E-state index contributed by atoms with van der Waals surface area (Å²) in [5, 5.41) is 3.44. The van der Waals surface area contributed by atoms with E-state index in [0.717, 1.165) is 30.5 Å². The number of aryl methyl sites for hydroxylation is 1. The summed E-state index contributed by atoms with van der Waals surface area (Å²) < 4.78 is 1.11. The summed E-state index contributed by atoms with van der Waals surface area (Å²) in [7, 11) is 2.19. The maximum atomic E-state index is 6.38. The molecule has 3 N–H and O–H groups in total. The fourth-order valence-electron chi connectivity index (χ4n) is 2.56. The van der Waals surface area contributed by atoms with Crippen molar-refractivity contribution < 1.29 is 0 Å². The smallest absolute Gasteiger partial charge is 0.0313 e. The van der Waals surface area contributed by atoms with Gasteiger partial charge in [-0.05, 0) is 43.7 Å². The number of rotatable bonds is 3. The Labute approximate surface area is 118 Å². The van der Waals surface area contributed by atoms with Gasteiger partial charge in [0.05, 0.1) is 0 Å². The largest absolute Gasteiger partial charge is 0.324 e. The van der Waals surface area contributed by atoms with E-state index in [1.165, 1.54) is 11.1 Å². The molecule has 0 radical (unpaired) electrons. The number of hydrogen-bond donors (Lipinski definition) is 2. The first-order chi connectivity index (χ1) is 8.58. The highest BCUT2D eigenvalue weighted by Gasteiger charge is 2.22. The second-order valence-corrected chi connectivity index (χ2v) is 6.10. The van der Waals surface area contributed by atoms with Crippen molar-refractivity contribution in [3.05, 3.63) is 33.8 Å². The first kappa shape index (κ1) is 14.0.